The lowest BCUT2D eigenvalue weighted by Gasteiger charge is -2.31. The van der Waals surface area contributed by atoms with Gasteiger partial charge in [-0.15, -0.1) is 0 Å². The maximum absolute atomic E-state index is 12.5. The number of carbonyl (C=O) groups is 2. The summed E-state index contributed by atoms with van der Waals surface area (Å²) < 4.78 is 0. The number of hydrogen-bond acceptors (Lipinski definition) is 3. The third-order valence-electron chi connectivity index (χ3n) is 3.95. The van der Waals surface area contributed by atoms with Crippen LogP contribution in [0.2, 0.25) is 0 Å². The van der Waals surface area contributed by atoms with Crippen LogP contribution in [0.15, 0.2) is 24.5 Å². The van der Waals surface area contributed by atoms with Crippen LogP contribution >= 0.6 is 0 Å². The fraction of sp³-hybridized carbons (Fsp3) is 0.533. The number of rotatable bonds is 4. The number of nitrogens with zero attached hydrogens (tertiary/aromatic N) is 2. The molecule has 108 valence electrons. The van der Waals surface area contributed by atoms with Gasteiger partial charge < -0.3 is 10.0 Å². The van der Waals surface area contributed by atoms with Crippen molar-refractivity contribution in [1.82, 2.24) is 9.88 Å². The van der Waals surface area contributed by atoms with Crippen molar-refractivity contribution in [2.45, 2.75) is 32.2 Å². The molecule has 1 heterocycles. The Bertz CT molecular complexity index is 475. The normalized spacial score (nSPS) is 22.2. The van der Waals surface area contributed by atoms with E-state index >= 15 is 0 Å². The Balaban J connectivity index is 2.03. The Morgan fingerprint density at radius 1 is 1.25 bits per heavy atom. The molecule has 2 unspecified atom stereocenters. The van der Waals surface area contributed by atoms with Gasteiger partial charge in [-0.25, -0.2) is 0 Å². The van der Waals surface area contributed by atoms with Crippen LogP contribution in [0.1, 0.15) is 31.2 Å². The van der Waals surface area contributed by atoms with Crippen LogP contribution in [-0.4, -0.2) is 33.9 Å². The second kappa shape index (κ2) is 6.50. The SMILES string of the molecule is CN(Cc1ccncc1)C(=O)C1CCCCC1C(=O)O. The van der Waals surface area contributed by atoms with E-state index in [1.807, 2.05) is 12.1 Å². The molecule has 1 N–H and O–H groups in total. The molecule has 0 spiro atoms. The Morgan fingerprint density at radius 2 is 1.85 bits per heavy atom. The molecule has 1 fully saturated rings. The minimum atomic E-state index is -0.847. The van der Waals surface area contributed by atoms with Gasteiger partial charge in [0.25, 0.3) is 0 Å². The zero-order valence-electron chi connectivity index (χ0n) is 11.7. The van der Waals surface area contributed by atoms with Gasteiger partial charge >= 0.3 is 5.97 Å². The number of pyridine rings is 1. The maximum Gasteiger partial charge on any atom is 0.307 e. The monoisotopic (exact) mass is 276 g/mol. The number of carboxylic acids is 1. The first-order valence-corrected chi connectivity index (χ1v) is 6.96. The number of carbonyl (C=O) groups excluding carboxylic acids is 1. The van der Waals surface area contributed by atoms with E-state index in [9.17, 15) is 14.7 Å². The smallest absolute Gasteiger partial charge is 0.307 e. The topological polar surface area (TPSA) is 70.5 Å². The molecule has 1 aliphatic carbocycles. The van der Waals surface area contributed by atoms with E-state index in [2.05, 4.69) is 4.98 Å². The van der Waals surface area contributed by atoms with Gasteiger partial charge in [0.15, 0.2) is 0 Å². The molecule has 2 rings (SSSR count). The number of aromatic nitrogens is 1. The highest BCUT2D eigenvalue weighted by Gasteiger charge is 2.36. The van der Waals surface area contributed by atoms with Crippen LogP contribution in [-0.2, 0) is 16.1 Å². The van der Waals surface area contributed by atoms with Gasteiger partial charge in [-0.05, 0) is 30.5 Å². The number of amides is 1. The molecule has 0 saturated heterocycles. The lowest BCUT2D eigenvalue weighted by molar-refractivity contribution is -0.152. The van der Waals surface area contributed by atoms with E-state index in [1.165, 1.54) is 0 Å². The lowest BCUT2D eigenvalue weighted by Crippen LogP contribution is -2.40. The van der Waals surface area contributed by atoms with Gasteiger partial charge in [0, 0.05) is 26.0 Å². The Labute approximate surface area is 118 Å². The first-order valence-electron chi connectivity index (χ1n) is 6.96. The highest BCUT2D eigenvalue weighted by Crippen LogP contribution is 2.31. The van der Waals surface area contributed by atoms with Crippen LogP contribution in [0.4, 0.5) is 0 Å². The molecule has 5 nitrogen and oxygen atoms in total. The van der Waals surface area contributed by atoms with E-state index in [-0.39, 0.29) is 11.8 Å². The van der Waals surface area contributed by atoms with Crippen LogP contribution in [0.5, 0.6) is 0 Å². The number of hydrogen-bond donors (Lipinski definition) is 1. The predicted molar refractivity (Wildman–Crippen MR) is 73.8 cm³/mol. The van der Waals surface area contributed by atoms with Crippen molar-refractivity contribution in [1.29, 1.82) is 0 Å². The molecule has 1 aromatic rings. The van der Waals surface area contributed by atoms with Crippen molar-refractivity contribution in [3.8, 4) is 0 Å². The standard InChI is InChI=1S/C15H20N2O3/c1-17(10-11-6-8-16-9-7-11)14(18)12-4-2-3-5-13(12)15(19)20/h6-9,12-13H,2-5,10H2,1H3,(H,19,20). The summed E-state index contributed by atoms with van der Waals surface area (Å²) >= 11 is 0. The summed E-state index contributed by atoms with van der Waals surface area (Å²) in [5.41, 5.74) is 0.999. The van der Waals surface area contributed by atoms with Crippen molar-refractivity contribution >= 4 is 11.9 Å². The Morgan fingerprint density at radius 3 is 2.45 bits per heavy atom. The average Bonchev–Trinajstić information content (AvgIpc) is 2.47. The van der Waals surface area contributed by atoms with Gasteiger partial charge in [0.05, 0.1) is 11.8 Å². The molecule has 1 aromatic heterocycles. The fourth-order valence-corrected chi connectivity index (χ4v) is 2.85. The van der Waals surface area contributed by atoms with Crippen molar-refractivity contribution < 1.29 is 14.7 Å². The predicted octanol–water partition coefficient (Wildman–Crippen LogP) is 1.93. The van der Waals surface area contributed by atoms with E-state index in [0.29, 0.717) is 19.4 Å². The molecule has 0 radical (unpaired) electrons. The second-order valence-corrected chi connectivity index (χ2v) is 5.39. The molecule has 1 saturated carbocycles. The quantitative estimate of drug-likeness (QED) is 0.912. The molecule has 1 amide bonds. The first kappa shape index (κ1) is 14.5. The van der Waals surface area contributed by atoms with Crippen LogP contribution in [0.3, 0.4) is 0 Å². The molecule has 1 aliphatic rings. The zero-order chi connectivity index (χ0) is 14.5. The molecule has 0 aromatic carbocycles. The number of aliphatic carboxylic acids is 1. The lowest BCUT2D eigenvalue weighted by atomic mass is 9.78. The molecule has 0 bridgehead atoms. The van der Waals surface area contributed by atoms with Gasteiger partial charge in [0.1, 0.15) is 0 Å². The maximum atomic E-state index is 12.5. The van der Waals surface area contributed by atoms with Crippen molar-refractivity contribution in [2.24, 2.45) is 11.8 Å². The van der Waals surface area contributed by atoms with Crippen molar-refractivity contribution in [3.63, 3.8) is 0 Å². The Kier molecular flexibility index (Phi) is 4.71. The summed E-state index contributed by atoms with van der Waals surface area (Å²) in [4.78, 5) is 29.3. The van der Waals surface area contributed by atoms with E-state index in [4.69, 9.17) is 0 Å². The zero-order valence-corrected chi connectivity index (χ0v) is 11.7. The summed E-state index contributed by atoms with van der Waals surface area (Å²) in [6.07, 6.45) is 6.49. The summed E-state index contributed by atoms with van der Waals surface area (Å²) in [6.45, 7) is 0.490. The van der Waals surface area contributed by atoms with Gasteiger partial charge in [-0.3, -0.25) is 14.6 Å². The van der Waals surface area contributed by atoms with Crippen LogP contribution in [0.25, 0.3) is 0 Å². The number of carboxylic acid groups (broad SMARTS) is 1. The second-order valence-electron chi connectivity index (χ2n) is 5.39. The van der Waals surface area contributed by atoms with Gasteiger partial charge in [-0.2, -0.15) is 0 Å². The summed E-state index contributed by atoms with van der Waals surface area (Å²) in [6, 6.07) is 3.72. The molecule has 5 heteroatoms. The van der Waals surface area contributed by atoms with E-state index in [0.717, 1.165) is 18.4 Å². The molecular formula is C15H20N2O3. The highest BCUT2D eigenvalue weighted by atomic mass is 16.4. The molecule has 0 aliphatic heterocycles. The minimum Gasteiger partial charge on any atom is -0.481 e. The average molecular weight is 276 g/mol. The first-order chi connectivity index (χ1) is 9.59. The van der Waals surface area contributed by atoms with Crippen LogP contribution in [0, 0.1) is 11.8 Å². The summed E-state index contributed by atoms with van der Waals surface area (Å²) in [5.74, 6) is -1.82. The van der Waals surface area contributed by atoms with E-state index in [1.54, 1.807) is 24.3 Å². The summed E-state index contributed by atoms with van der Waals surface area (Å²) in [5, 5.41) is 9.25. The third kappa shape index (κ3) is 3.35. The largest absolute Gasteiger partial charge is 0.481 e. The molecule has 2 atom stereocenters. The summed E-state index contributed by atoms with van der Waals surface area (Å²) in [7, 11) is 1.73. The Hall–Kier alpha value is -1.91. The van der Waals surface area contributed by atoms with Crippen LogP contribution < -0.4 is 0 Å². The minimum absolute atomic E-state index is 0.0612. The van der Waals surface area contributed by atoms with Gasteiger partial charge in [0.2, 0.25) is 5.91 Å². The molecule has 20 heavy (non-hydrogen) atoms. The van der Waals surface area contributed by atoms with Crippen molar-refractivity contribution in [3.05, 3.63) is 30.1 Å². The highest BCUT2D eigenvalue weighted by molar-refractivity contribution is 5.84. The van der Waals surface area contributed by atoms with Gasteiger partial charge in [-0.1, -0.05) is 12.8 Å². The fourth-order valence-electron chi connectivity index (χ4n) is 2.85. The van der Waals surface area contributed by atoms with Crippen molar-refractivity contribution in [2.75, 3.05) is 7.05 Å². The molecular weight excluding hydrogens is 256 g/mol. The third-order valence-corrected chi connectivity index (χ3v) is 3.95. The van der Waals surface area contributed by atoms with E-state index < -0.39 is 11.9 Å².